The predicted octanol–water partition coefficient (Wildman–Crippen LogP) is 4.10. The van der Waals surface area contributed by atoms with Crippen molar-refractivity contribution in [3.8, 4) is 11.5 Å². The molecule has 0 amide bonds. The van der Waals surface area contributed by atoms with Crippen molar-refractivity contribution in [1.82, 2.24) is 10.6 Å². The Labute approximate surface area is 192 Å². The van der Waals surface area contributed by atoms with Crippen LogP contribution in [0.5, 0.6) is 11.5 Å². The Balaban J connectivity index is 0.00000420. The van der Waals surface area contributed by atoms with Crippen molar-refractivity contribution >= 4 is 29.9 Å². The molecule has 1 fully saturated rings. The Hall–Kier alpha value is -1.22. The molecule has 0 spiro atoms. The van der Waals surface area contributed by atoms with Crippen molar-refractivity contribution in [2.45, 2.75) is 58.9 Å². The fraction of sp³-hybridized carbons (Fsp3) is 0.682. The summed E-state index contributed by atoms with van der Waals surface area (Å²) in [5, 5.41) is 16.4. The molecule has 0 aromatic heterocycles. The van der Waals surface area contributed by atoms with Gasteiger partial charge in [0, 0.05) is 19.7 Å². The summed E-state index contributed by atoms with van der Waals surface area (Å²) in [5.74, 6) is 2.31. The third-order valence-corrected chi connectivity index (χ3v) is 5.48. The first-order valence-corrected chi connectivity index (χ1v) is 10.6. The second-order valence-electron chi connectivity index (χ2n) is 7.50. The van der Waals surface area contributed by atoms with Crippen LogP contribution >= 0.6 is 24.0 Å². The number of nitrogens with one attached hydrogen (secondary N) is 2. The third-order valence-electron chi connectivity index (χ3n) is 5.48. The minimum Gasteiger partial charge on any atom is -0.493 e. The maximum atomic E-state index is 9.52. The highest BCUT2D eigenvalue weighted by molar-refractivity contribution is 14.0. The van der Waals surface area contributed by atoms with E-state index in [1.165, 1.54) is 32.1 Å². The zero-order valence-electron chi connectivity index (χ0n) is 18.1. The second-order valence-corrected chi connectivity index (χ2v) is 7.50. The van der Waals surface area contributed by atoms with Crippen LogP contribution in [0.3, 0.4) is 0 Å². The van der Waals surface area contributed by atoms with Crippen molar-refractivity contribution in [2.75, 3.05) is 33.4 Å². The van der Waals surface area contributed by atoms with E-state index >= 15 is 0 Å². The molecule has 7 heteroatoms. The maximum absolute atomic E-state index is 9.52. The molecule has 1 aliphatic carbocycles. The third kappa shape index (κ3) is 8.20. The number of ether oxygens (including phenoxy) is 2. The van der Waals surface area contributed by atoms with Crippen LogP contribution in [0.25, 0.3) is 0 Å². The summed E-state index contributed by atoms with van der Waals surface area (Å²) in [6.45, 7) is 7.12. The molecule has 6 nitrogen and oxygen atoms in total. The van der Waals surface area contributed by atoms with Crippen molar-refractivity contribution in [1.29, 1.82) is 0 Å². The second kappa shape index (κ2) is 13.9. The number of rotatable bonds is 10. The molecular weight excluding hydrogens is 481 g/mol. The lowest BCUT2D eigenvalue weighted by molar-refractivity contribution is 0.131. The first kappa shape index (κ1) is 25.8. The van der Waals surface area contributed by atoms with Gasteiger partial charge in [0.25, 0.3) is 0 Å². The Bertz CT molecular complexity index is 614. The monoisotopic (exact) mass is 519 g/mol. The van der Waals surface area contributed by atoms with Gasteiger partial charge in [-0.15, -0.1) is 24.0 Å². The molecule has 166 valence electrons. The van der Waals surface area contributed by atoms with Crippen molar-refractivity contribution in [3.05, 3.63) is 23.8 Å². The molecule has 2 rings (SSSR count). The van der Waals surface area contributed by atoms with Gasteiger partial charge in [-0.2, -0.15) is 0 Å². The number of benzene rings is 1. The molecular formula is C22H38IN3O3. The summed E-state index contributed by atoms with van der Waals surface area (Å²) in [4.78, 5) is 4.75. The van der Waals surface area contributed by atoms with Crippen LogP contribution in [0.2, 0.25) is 0 Å². The molecule has 0 unspecified atom stereocenters. The Morgan fingerprint density at radius 3 is 2.52 bits per heavy atom. The van der Waals surface area contributed by atoms with Gasteiger partial charge in [0.05, 0.1) is 20.3 Å². The SMILES string of the molecule is CCNC(=NCc1ccc(OCC)c(OC)c1)NCC1(CCO)CCCCC1.I. The number of halogens is 1. The van der Waals surface area contributed by atoms with Crippen LogP contribution in [-0.4, -0.2) is 44.5 Å². The number of hydrogen-bond donors (Lipinski definition) is 3. The van der Waals surface area contributed by atoms with Gasteiger partial charge in [0.15, 0.2) is 17.5 Å². The normalized spacial score (nSPS) is 15.9. The van der Waals surface area contributed by atoms with Crippen molar-refractivity contribution in [3.63, 3.8) is 0 Å². The van der Waals surface area contributed by atoms with Gasteiger partial charge >= 0.3 is 0 Å². The van der Waals surface area contributed by atoms with Crippen LogP contribution in [0.15, 0.2) is 23.2 Å². The number of aliphatic hydroxyl groups excluding tert-OH is 1. The number of methoxy groups -OCH3 is 1. The topological polar surface area (TPSA) is 75.1 Å². The van der Waals surface area contributed by atoms with E-state index in [1.807, 2.05) is 25.1 Å². The van der Waals surface area contributed by atoms with Gasteiger partial charge in [-0.1, -0.05) is 25.3 Å². The van der Waals surface area contributed by atoms with E-state index in [0.717, 1.165) is 42.5 Å². The van der Waals surface area contributed by atoms with E-state index < -0.39 is 0 Å². The number of nitrogens with zero attached hydrogens (tertiary/aromatic N) is 1. The highest BCUT2D eigenvalue weighted by Crippen LogP contribution is 2.38. The smallest absolute Gasteiger partial charge is 0.191 e. The molecule has 0 atom stereocenters. The van der Waals surface area contributed by atoms with Crippen LogP contribution < -0.4 is 20.1 Å². The fourth-order valence-electron chi connectivity index (χ4n) is 3.92. The van der Waals surface area contributed by atoms with E-state index in [9.17, 15) is 5.11 Å². The predicted molar refractivity (Wildman–Crippen MR) is 130 cm³/mol. The Morgan fingerprint density at radius 2 is 1.90 bits per heavy atom. The molecule has 1 aromatic rings. The molecule has 1 aromatic carbocycles. The van der Waals surface area contributed by atoms with Gasteiger partial charge in [-0.05, 0) is 56.2 Å². The summed E-state index contributed by atoms with van der Waals surface area (Å²) in [6, 6.07) is 5.94. The van der Waals surface area contributed by atoms with E-state index in [0.29, 0.717) is 13.2 Å². The summed E-state index contributed by atoms with van der Waals surface area (Å²) in [5.41, 5.74) is 1.26. The van der Waals surface area contributed by atoms with E-state index in [-0.39, 0.29) is 36.0 Å². The fourth-order valence-corrected chi connectivity index (χ4v) is 3.92. The van der Waals surface area contributed by atoms with Gasteiger partial charge < -0.3 is 25.2 Å². The molecule has 0 bridgehead atoms. The van der Waals surface area contributed by atoms with E-state index in [2.05, 4.69) is 17.6 Å². The highest BCUT2D eigenvalue weighted by atomic mass is 127. The van der Waals surface area contributed by atoms with Gasteiger partial charge in [0.1, 0.15) is 0 Å². The number of aliphatic hydroxyl groups is 1. The Kier molecular flexibility index (Phi) is 12.4. The lowest BCUT2D eigenvalue weighted by atomic mass is 9.72. The highest BCUT2D eigenvalue weighted by Gasteiger charge is 2.31. The molecule has 0 heterocycles. The molecule has 29 heavy (non-hydrogen) atoms. The molecule has 0 saturated heterocycles. The average molecular weight is 519 g/mol. The minimum absolute atomic E-state index is 0. The molecule has 3 N–H and O–H groups in total. The standard InChI is InChI=1S/C22H37N3O3.HI/c1-4-23-21(25-17-22(13-14-26)11-7-6-8-12-22)24-16-18-9-10-19(28-5-2)20(15-18)27-3;/h9-10,15,26H,4-8,11-14,16-17H2,1-3H3,(H2,23,24,25);1H. The molecule has 1 saturated carbocycles. The largest absolute Gasteiger partial charge is 0.493 e. The first-order valence-electron chi connectivity index (χ1n) is 10.6. The molecule has 1 aliphatic rings. The summed E-state index contributed by atoms with van der Waals surface area (Å²) < 4.78 is 11.0. The van der Waals surface area contributed by atoms with Crippen LogP contribution in [0.1, 0.15) is 57.9 Å². The molecule has 0 radical (unpaired) electrons. The van der Waals surface area contributed by atoms with Gasteiger partial charge in [0.2, 0.25) is 0 Å². The summed E-state index contributed by atoms with van der Waals surface area (Å²) in [6.07, 6.45) is 7.02. The zero-order valence-corrected chi connectivity index (χ0v) is 20.5. The van der Waals surface area contributed by atoms with Gasteiger partial charge in [-0.3, -0.25) is 0 Å². The van der Waals surface area contributed by atoms with Crippen LogP contribution in [0.4, 0.5) is 0 Å². The molecule has 0 aliphatic heterocycles. The Morgan fingerprint density at radius 1 is 1.14 bits per heavy atom. The lowest BCUT2D eigenvalue weighted by Crippen LogP contribution is -2.44. The summed E-state index contributed by atoms with van der Waals surface area (Å²) in [7, 11) is 1.65. The minimum atomic E-state index is 0. The average Bonchev–Trinajstić information content (AvgIpc) is 2.72. The lowest BCUT2D eigenvalue weighted by Gasteiger charge is -2.37. The van der Waals surface area contributed by atoms with Crippen LogP contribution in [-0.2, 0) is 6.54 Å². The number of guanidine groups is 1. The van der Waals surface area contributed by atoms with Crippen molar-refractivity contribution < 1.29 is 14.6 Å². The quantitative estimate of drug-likeness (QED) is 0.247. The maximum Gasteiger partial charge on any atom is 0.191 e. The summed E-state index contributed by atoms with van der Waals surface area (Å²) >= 11 is 0. The number of hydrogen-bond acceptors (Lipinski definition) is 4. The number of aliphatic imine (C=N–C) groups is 1. The van der Waals surface area contributed by atoms with Gasteiger partial charge in [-0.25, -0.2) is 4.99 Å². The van der Waals surface area contributed by atoms with E-state index in [4.69, 9.17) is 14.5 Å². The first-order chi connectivity index (χ1) is 13.7. The van der Waals surface area contributed by atoms with E-state index in [1.54, 1.807) is 7.11 Å². The zero-order chi connectivity index (χ0) is 20.2. The van der Waals surface area contributed by atoms with Crippen molar-refractivity contribution in [2.24, 2.45) is 10.4 Å². The van der Waals surface area contributed by atoms with Crippen LogP contribution in [0, 0.1) is 5.41 Å².